The highest BCUT2D eigenvalue weighted by atomic mass is 35.5. The molecule has 0 atom stereocenters. The molecule has 0 aliphatic carbocycles. The average Bonchev–Trinajstić information content (AvgIpc) is 2.56. The summed E-state index contributed by atoms with van der Waals surface area (Å²) in [7, 11) is 1.57. The second-order valence-electron chi connectivity index (χ2n) is 3.02. The van der Waals surface area contributed by atoms with Gasteiger partial charge in [0.1, 0.15) is 0 Å². The van der Waals surface area contributed by atoms with Crippen LogP contribution in [-0.4, -0.2) is 21.6 Å². The van der Waals surface area contributed by atoms with Gasteiger partial charge in [0.2, 0.25) is 5.95 Å². The summed E-state index contributed by atoms with van der Waals surface area (Å²) < 4.78 is 38.5. The summed E-state index contributed by atoms with van der Waals surface area (Å²) in [5, 5.41) is 6.02. The van der Waals surface area contributed by atoms with E-state index in [2.05, 4.69) is 15.4 Å². The molecule has 86 valence electrons. The molecule has 2 aromatic heterocycles. The predicted molar refractivity (Wildman–Crippen MR) is 52.5 cm³/mol. The Kier molecular flexibility index (Phi) is 2.42. The number of rotatable bonds is 1. The highest BCUT2D eigenvalue weighted by Gasteiger charge is 2.34. The Bertz CT molecular complexity index is 534. The Balaban J connectivity index is 2.66. The standard InChI is InChI=1S/C8H6ClF3N4/c1-13-7-14-6-2-5(9)4(8(10,11)12)3-16(6)15-7/h2-3H,1H3,(H,13,15). The Hall–Kier alpha value is -1.50. The van der Waals surface area contributed by atoms with Gasteiger partial charge in [-0.1, -0.05) is 11.6 Å². The fraction of sp³-hybridized carbons (Fsp3) is 0.250. The van der Waals surface area contributed by atoms with Crippen molar-refractivity contribution in [2.75, 3.05) is 12.4 Å². The van der Waals surface area contributed by atoms with Gasteiger partial charge >= 0.3 is 6.18 Å². The first-order valence-corrected chi connectivity index (χ1v) is 4.60. The second-order valence-corrected chi connectivity index (χ2v) is 3.43. The first kappa shape index (κ1) is 11.0. The number of hydrogen-bond acceptors (Lipinski definition) is 3. The van der Waals surface area contributed by atoms with E-state index in [1.165, 1.54) is 0 Å². The van der Waals surface area contributed by atoms with Crippen LogP contribution in [0.5, 0.6) is 0 Å². The van der Waals surface area contributed by atoms with Crippen LogP contribution >= 0.6 is 11.6 Å². The maximum absolute atomic E-state index is 12.5. The third-order valence-corrected chi connectivity index (χ3v) is 2.26. The third-order valence-electron chi connectivity index (χ3n) is 1.95. The van der Waals surface area contributed by atoms with E-state index in [0.29, 0.717) is 0 Å². The minimum absolute atomic E-state index is 0.232. The van der Waals surface area contributed by atoms with Gasteiger partial charge in [0.25, 0.3) is 0 Å². The van der Waals surface area contributed by atoms with Gasteiger partial charge in [-0.3, -0.25) is 0 Å². The van der Waals surface area contributed by atoms with Crippen molar-refractivity contribution in [3.63, 3.8) is 0 Å². The van der Waals surface area contributed by atoms with Gasteiger partial charge < -0.3 is 5.32 Å². The summed E-state index contributed by atoms with van der Waals surface area (Å²) >= 11 is 5.52. The maximum Gasteiger partial charge on any atom is 0.419 e. The van der Waals surface area contributed by atoms with Crippen LogP contribution < -0.4 is 5.32 Å². The van der Waals surface area contributed by atoms with Crippen LogP contribution in [0.1, 0.15) is 5.56 Å². The molecule has 2 rings (SSSR count). The van der Waals surface area contributed by atoms with Crippen molar-refractivity contribution in [3.8, 4) is 0 Å². The van der Waals surface area contributed by atoms with Crippen LogP contribution in [0.3, 0.4) is 0 Å². The van der Waals surface area contributed by atoms with E-state index in [1.807, 2.05) is 0 Å². The SMILES string of the molecule is CNc1nc2cc(Cl)c(C(F)(F)F)cn2n1. The molecular formula is C8H6ClF3N4. The van der Waals surface area contributed by atoms with Gasteiger partial charge in [-0.2, -0.15) is 18.2 Å². The first-order chi connectivity index (χ1) is 7.41. The highest BCUT2D eigenvalue weighted by molar-refractivity contribution is 6.31. The van der Waals surface area contributed by atoms with Crippen molar-refractivity contribution in [1.82, 2.24) is 14.6 Å². The lowest BCUT2D eigenvalue weighted by atomic mass is 10.3. The second kappa shape index (κ2) is 3.51. The number of fused-ring (bicyclic) bond motifs is 1. The molecule has 0 unspecified atom stereocenters. The van der Waals surface area contributed by atoms with Crippen LogP contribution in [0.25, 0.3) is 5.65 Å². The minimum atomic E-state index is -4.50. The fourth-order valence-electron chi connectivity index (χ4n) is 1.22. The molecule has 0 aliphatic heterocycles. The Labute approximate surface area is 93.0 Å². The molecule has 0 spiro atoms. The van der Waals surface area contributed by atoms with E-state index in [-0.39, 0.29) is 11.6 Å². The molecule has 0 fully saturated rings. The van der Waals surface area contributed by atoms with Crippen molar-refractivity contribution in [2.24, 2.45) is 0 Å². The van der Waals surface area contributed by atoms with Crippen molar-refractivity contribution in [3.05, 3.63) is 22.8 Å². The van der Waals surface area contributed by atoms with Gasteiger partial charge in [0.15, 0.2) is 5.65 Å². The molecule has 0 saturated heterocycles. The number of pyridine rings is 1. The number of hydrogen-bond donors (Lipinski definition) is 1. The van der Waals surface area contributed by atoms with Gasteiger partial charge in [-0.25, -0.2) is 4.52 Å². The molecular weight excluding hydrogens is 245 g/mol. The molecule has 16 heavy (non-hydrogen) atoms. The number of nitrogens with zero attached hydrogens (tertiary/aromatic N) is 3. The minimum Gasteiger partial charge on any atom is -0.356 e. The Morgan fingerprint density at radius 3 is 2.69 bits per heavy atom. The Morgan fingerprint density at radius 2 is 2.12 bits per heavy atom. The van der Waals surface area contributed by atoms with E-state index in [1.54, 1.807) is 7.05 Å². The van der Waals surface area contributed by atoms with E-state index >= 15 is 0 Å². The van der Waals surface area contributed by atoms with Crippen molar-refractivity contribution in [2.45, 2.75) is 6.18 Å². The zero-order valence-corrected chi connectivity index (χ0v) is 8.76. The molecule has 2 heterocycles. The van der Waals surface area contributed by atoms with E-state index in [4.69, 9.17) is 11.6 Å². The molecule has 0 saturated carbocycles. The molecule has 0 aromatic carbocycles. The zero-order chi connectivity index (χ0) is 11.9. The van der Waals surface area contributed by atoms with Crippen LogP contribution in [0.15, 0.2) is 12.3 Å². The van der Waals surface area contributed by atoms with Gasteiger partial charge in [0.05, 0.1) is 10.6 Å². The molecule has 1 N–H and O–H groups in total. The number of anilines is 1. The lowest BCUT2D eigenvalue weighted by Gasteiger charge is -2.08. The lowest BCUT2D eigenvalue weighted by Crippen LogP contribution is -2.08. The van der Waals surface area contributed by atoms with Crippen LogP contribution in [0.2, 0.25) is 5.02 Å². The summed E-state index contributed by atoms with van der Waals surface area (Å²) in [6.07, 6.45) is -3.69. The topological polar surface area (TPSA) is 42.2 Å². The lowest BCUT2D eigenvalue weighted by molar-refractivity contribution is -0.137. The van der Waals surface area contributed by atoms with Crippen molar-refractivity contribution < 1.29 is 13.2 Å². The number of alkyl halides is 3. The van der Waals surface area contributed by atoms with Gasteiger partial charge in [0, 0.05) is 19.3 Å². The fourth-order valence-corrected chi connectivity index (χ4v) is 1.47. The predicted octanol–water partition coefficient (Wildman–Crippen LogP) is 2.44. The summed E-state index contributed by atoms with van der Waals surface area (Å²) in [6, 6.07) is 1.12. The monoisotopic (exact) mass is 250 g/mol. The largest absolute Gasteiger partial charge is 0.419 e. The zero-order valence-electron chi connectivity index (χ0n) is 8.01. The molecule has 0 aliphatic rings. The molecule has 0 bridgehead atoms. The van der Waals surface area contributed by atoms with E-state index < -0.39 is 16.8 Å². The first-order valence-electron chi connectivity index (χ1n) is 4.22. The van der Waals surface area contributed by atoms with Gasteiger partial charge in [-0.15, -0.1) is 5.10 Å². The molecule has 0 radical (unpaired) electrons. The Morgan fingerprint density at radius 1 is 1.44 bits per heavy atom. The smallest absolute Gasteiger partial charge is 0.356 e. The highest BCUT2D eigenvalue weighted by Crippen LogP contribution is 2.34. The third kappa shape index (κ3) is 1.78. The van der Waals surface area contributed by atoms with Crippen LogP contribution in [0.4, 0.5) is 19.1 Å². The van der Waals surface area contributed by atoms with Crippen molar-refractivity contribution >= 4 is 23.2 Å². The maximum atomic E-state index is 12.5. The summed E-state index contributed by atoms with van der Waals surface area (Å²) in [4.78, 5) is 3.90. The van der Waals surface area contributed by atoms with E-state index in [9.17, 15) is 13.2 Å². The molecule has 0 amide bonds. The summed E-state index contributed by atoms with van der Waals surface area (Å²) in [5.41, 5.74) is -0.684. The summed E-state index contributed by atoms with van der Waals surface area (Å²) in [5.74, 6) is 0.232. The van der Waals surface area contributed by atoms with Crippen molar-refractivity contribution in [1.29, 1.82) is 0 Å². The van der Waals surface area contributed by atoms with Crippen LogP contribution in [-0.2, 0) is 6.18 Å². The molecule has 4 nitrogen and oxygen atoms in total. The summed E-state index contributed by atoms with van der Waals surface area (Å²) in [6.45, 7) is 0. The normalized spacial score (nSPS) is 12.1. The number of nitrogens with one attached hydrogen (secondary N) is 1. The average molecular weight is 251 g/mol. The van der Waals surface area contributed by atoms with Crippen LogP contribution in [0, 0.1) is 0 Å². The number of halogens is 4. The number of aromatic nitrogens is 3. The van der Waals surface area contributed by atoms with E-state index in [0.717, 1.165) is 16.8 Å². The van der Waals surface area contributed by atoms with Gasteiger partial charge in [-0.05, 0) is 0 Å². The molecule has 2 aromatic rings. The quantitative estimate of drug-likeness (QED) is 0.845. The molecule has 8 heteroatoms.